The normalized spacial score (nSPS) is 21.1. The van der Waals surface area contributed by atoms with Crippen LogP contribution in [0.15, 0.2) is 22.7 Å². The summed E-state index contributed by atoms with van der Waals surface area (Å²) >= 11 is 3.50. The molecule has 0 heterocycles. The molecule has 0 radical (unpaired) electrons. The number of rotatable bonds is 3. The van der Waals surface area contributed by atoms with Gasteiger partial charge >= 0.3 is 0 Å². The summed E-state index contributed by atoms with van der Waals surface area (Å²) < 4.78 is 6.18. The second-order valence-corrected chi connectivity index (χ2v) is 7.39. The second kappa shape index (κ2) is 5.45. The molecule has 0 aliphatic heterocycles. The third-order valence-electron chi connectivity index (χ3n) is 4.28. The Bertz CT molecular complexity index is 444. The minimum atomic E-state index is -0.538. The summed E-state index contributed by atoms with van der Waals surface area (Å²) in [6.45, 7) is 4.58. The Hall–Kier alpha value is -0.540. The van der Waals surface area contributed by atoms with E-state index >= 15 is 0 Å². The quantitative estimate of drug-likeness (QED) is 0.895. The van der Waals surface area contributed by atoms with E-state index in [0.717, 1.165) is 47.9 Å². The Morgan fingerprint density at radius 2 is 1.84 bits per heavy atom. The number of methoxy groups -OCH3 is 1. The molecule has 0 unspecified atom stereocenters. The Morgan fingerprint density at radius 3 is 2.37 bits per heavy atom. The highest BCUT2D eigenvalue weighted by Gasteiger charge is 2.36. The third kappa shape index (κ3) is 3.73. The van der Waals surface area contributed by atoms with Crippen LogP contribution in [-0.4, -0.2) is 17.8 Å². The zero-order valence-corrected chi connectivity index (χ0v) is 13.6. The molecule has 1 saturated carbocycles. The predicted molar refractivity (Wildman–Crippen MR) is 81.6 cm³/mol. The molecule has 106 valence electrons. The van der Waals surface area contributed by atoms with Crippen molar-refractivity contribution in [2.24, 2.45) is 5.41 Å². The van der Waals surface area contributed by atoms with Gasteiger partial charge in [-0.1, -0.05) is 19.9 Å². The van der Waals surface area contributed by atoms with Gasteiger partial charge in [0.2, 0.25) is 0 Å². The lowest BCUT2D eigenvalue weighted by atomic mass is 9.69. The van der Waals surface area contributed by atoms with Crippen LogP contribution < -0.4 is 4.74 Å². The summed E-state index contributed by atoms with van der Waals surface area (Å²) in [5.41, 5.74) is 1.01. The van der Waals surface area contributed by atoms with Crippen molar-refractivity contribution < 1.29 is 9.84 Å². The van der Waals surface area contributed by atoms with Gasteiger partial charge in [-0.2, -0.15) is 0 Å². The summed E-state index contributed by atoms with van der Waals surface area (Å²) in [6, 6.07) is 6.05. The van der Waals surface area contributed by atoms with Gasteiger partial charge in [-0.25, -0.2) is 0 Å². The van der Waals surface area contributed by atoms with E-state index in [2.05, 4.69) is 35.8 Å². The van der Waals surface area contributed by atoms with Gasteiger partial charge in [-0.05, 0) is 64.7 Å². The van der Waals surface area contributed by atoms with Crippen molar-refractivity contribution in [1.82, 2.24) is 0 Å². The number of halogens is 1. The smallest absolute Gasteiger partial charge is 0.133 e. The van der Waals surface area contributed by atoms with E-state index < -0.39 is 5.60 Å². The average Bonchev–Trinajstić information content (AvgIpc) is 2.34. The van der Waals surface area contributed by atoms with Crippen molar-refractivity contribution in [1.29, 1.82) is 0 Å². The number of ether oxygens (including phenoxy) is 1. The maximum absolute atomic E-state index is 10.7. The highest BCUT2D eigenvalue weighted by atomic mass is 79.9. The van der Waals surface area contributed by atoms with Gasteiger partial charge in [0.25, 0.3) is 0 Å². The van der Waals surface area contributed by atoms with Crippen molar-refractivity contribution in [2.45, 2.75) is 51.6 Å². The Labute approximate surface area is 124 Å². The maximum atomic E-state index is 10.7. The first-order valence-corrected chi connectivity index (χ1v) is 7.68. The zero-order valence-electron chi connectivity index (χ0n) is 12.0. The fourth-order valence-corrected chi connectivity index (χ4v) is 3.36. The molecule has 1 N–H and O–H groups in total. The van der Waals surface area contributed by atoms with Crippen LogP contribution >= 0.6 is 15.9 Å². The summed E-state index contributed by atoms with van der Waals surface area (Å²) in [7, 11) is 1.66. The molecule has 0 amide bonds. The van der Waals surface area contributed by atoms with Gasteiger partial charge < -0.3 is 9.84 Å². The first kappa shape index (κ1) is 14.9. The lowest BCUT2D eigenvalue weighted by Gasteiger charge is -2.40. The molecule has 2 nitrogen and oxygen atoms in total. The Balaban J connectivity index is 2.07. The number of benzene rings is 1. The van der Waals surface area contributed by atoms with Crippen LogP contribution in [0.5, 0.6) is 5.75 Å². The van der Waals surface area contributed by atoms with Crippen LogP contribution in [-0.2, 0) is 6.42 Å². The van der Waals surface area contributed by atoms with Gasteiger partial charge in [-0.3, -0.25) is 0 Å². The zero-order chi connectivity index (χ0) is 14.1. The van der Waals surface area contributed by atoms with E-state index in [9.17, 15) is 5.11 Å². The molecule has 0 saturated heterocycles. The fourth-order valence-electron chi connectivity index (χ4n) is 2.77. The van der Waals surface area contributed by atoms with Crippen LogP contribution in [0.3, 0.4) is 0 Å². The minimum absolute atomic E-state index is 0.382. The Morgan fingerprint density at radius 1 is 1.21 bits per heavy atom. The number of hydrogen-bond donors (Lipinski definition) is 1. The molecule has 1 aromatic rings. The molecule has 2 rings (SSSR count). The van der Waals surface area contributed by atoms with Gasteiger partial charge in [0.05, 0.1) is 17.2 Å². The van der Waals surface area contributed by atoms with Gasteiger partial charge in [0.15, 0.2) is 0 Å². The standard InChI is InChI=1S/C16H23BrO2/c1-15(2)6-8-16(18,9-7-15)11-12-4-5-14(19-3)13(17)10-12/h4-5,10,18H,6-9,11H2,1-3H3. The molecule has 1 fully saturated rings. The third-order valence-corrected chi connectivity index (χ3v) is 4.90. The minimum Gasteiger partial charge on any atom is -0.496 e. The Kier molecular flexibility index (Phi) is 4.26. The molecule has 0 aromatic heterocycles. The van der Waals surface area contributed by atoms with Crippen LogP contribution in [0.25, 0.3) is 0 Å². The topological polar surface area (TPSA) is 29.5 Å². The molecule has 0 atom stereocenters. The fraction of sp³-hybridized carbons (Fsp3) is 0.625. The average molecular weight is 327 g/mol. The largest absolute Gasteiger partial charge is 0.496 e. The molecule has 1 aliphatic carbocycles. The summed E-state index contributed by atoms with van der Waals surface area (Å²) in [5, 5.41) is 10.7. The lowest BCUT2D eigenvalue weighted by Crippen LogP contribution is -2.38. The molecule has 1 aromatic carbocycles. The van der Waals surface area contributed by atoms with E-state index in [-0.39, 0.29) is 0 Å². The van der Waals surface area contributed by atoms with Gasteiger partial charge in [0.1, 0.15) is 5.75 Å². The predicted octanol–water partition coefficient (Wildman–Crippen LogP) is 4.33. The van der Waals surface area contributed by atoms with Gasteiger partial charge in [-0.15, -0.1) is 0 Å². The summed E-state index contributed by atoms with van der Waals surface area (Å²) in [5.74, 6) is 0.834. The van der Waals surface area contributed by atoms with E-state index in [1.807, 2.05) is 12.1 Å². The molecule has 0 bridgehead atoms. The highest BCUT2D eigenvalue weighted by Crippen LogP contribution is 2.41. The SMILES string of the molecule is COc1ccc(CC2(O)CCC(C)(C)CC2)cc1Br. The first-order chi connectivity index (χ1) is 8.84. The summed E-state index contributed by atoms with van der Waals surface area (Å²) in [6.07, 6.45) is 4.71. The molecule has 3 heteroatoms. The van der Waals surface area contributed by atoms with Crippen LogP contribution in [0.1, 0.15) is 45.1 Å². The van der Waals surface area contributed by atoms with E-state index in [1.54, 1.807) is 7.11 Å². The van der Waals surface area contributed by atoms with Gasteiger partial charge in [0, 0.05) is 6.42 Å². The molecular weight excluding hydrogens is 304 g/mol. The van der Waals surface area contributed by atoms with E-state index in [4.69, 9.17) is 4.74 Å². The van der Waals surface area contributed by atoms with Crippen molar-refractivity contribution >= 4 is 15.9 Å². The van der Waals surface area contributed by atoms with Crippen molar-refractivity contribution in [2.75, 3.05) is 7.11 Å². The molecule has 1 aliphatic rings. The van der Waals surface area contributed by atoms with Crippen LogP contribution in [0.4, 0.5) is 0 Å². The summed E-state index contributed by atoms with van der Waals surface area (Å²) in [4.78, 5) is 0. The van der Waals surface area contributed by atoms with Crippen molar-refractivity contribution in [3.05, 3.63) is 28.2 Å². The van der Waals surface area contributed by atoms with Crippen molar-refractivity contribution in [3.63, 3.8) is 0 Å². The molecule has 0 spiro atoms. The van der Waals surface area contributed by atoms with Crippen LogP contribution in [0, 0.1) is 5.41 Å². The number of aliphatic hydroxyl groups is 1. The van der Waals surface area contributed by atoms with E-state index in [0.29, 0.717) is 5.41 Å². The maximum Gasteiger partial charge on any atom is 0.133 e. The van der Waals surface area contributed by atoms with E-state index in [1.165, 1.54) is 0 Å². The monoisotopic (exact) mass is 326 g/mol. The molecular formula is C16H23BrO2. The molecule has 19 heavy (non-hydrogen) atoms. The number of hydrogen-bond acceptors (Lipinski definition) is 2. The highest BCUT2D eigenvalue weighted by molar-refractivity contribution is 9.10. The van der Waals surface area contributed by atoms with Crippen molar-refractivity contribution in [3.8, 4) is 5.75 Å². The first-order valence-electron chi connectivity index (χ1n) is 6.88. The lowest BCUT2D eigenvalue weighted by molar-refractivity contribution is -0.0251. The van der Waals surface area contributed by atoms with Crippen LogP contribution in [0.2, 0.25) is 0 Å². The second-order valence-electron chi connectivity index (χ2n) is 6.53.